The zero-order valence-corrected chi connectivity index (χ0v) is 12.8. The van der Waals surface area contributed by atoms with Gasteiger partial charge in [-0.25, -0.2) is 9.37 Å². The number of nitrogens with zero attached hydrogens (tertiary/aromatic N) is 2. The van der Waals surface area contributed by atoms with E-state index in [1.807, 2.05) is 11.4 Å². The molecular formula is C13H10BrFN4S. The normalized spacial score (nSPS) is 10.8. The summed E-state index contributed by atoms with van der Waals surface area (Å²) >= 11 is 4.92. The van der Waals surface area contributed by atoms with Gasteiger partial charge in [0, 0.05) is 11.5 Å². The fourth-order valence-corrected chi connectivity index (χ4v) is 2.89. The maximum atomic E-state index is 13.3. The Balaban J connectivity index is 2.09. The van der Waals surface area contributed by atoms with Crippen LogP contribution in [0.5, 0.6) is 0 Å². The van der Waals surface area contributed by atoms with E-state index >= 15 is 0 Å². The lowest BCUT2D eigenvalue weighted by Gasteiger charge is -2.10. The van der Waals surface area contributed by atoms with Crippen molar-refractivity contribution in [3.8, 4) is 0 Å². The third kappa shape index (κ3) is 2.46. The van der Waals surface area contributed by atoms with E-state index < -0.39 is 0 Å². The predicted molar refractivity (Wildman–Crippen MR) is 84.3 cm³/mol. The maximum Gasteiger partial charge on any atom is 0.225 e. The van der Waals surface area contributed by atoms with E-state index in [9.17, 15) is 4.39 Å². The topological polar surface area (TPSA) is 49.8 Å². The minimum Gasteiger partial charge on any atom is -0.357 e. The molecule has 7 heteroatoms. The molecule has 0 unspecified atom stereocenters. The number of benzene rings is 1. The molecule has 3 rings (SSSR count). The first-order valence-electron chi connectivity index (χ1n) is 5.82. The molecule has 102 valence electrons. The van der Waals surface area contributed by atoms with E-state index in [1.54, 1.807) is 13.1 Å². The van der Waals surface area contributed by atoms with Gasteiger partial charge in [-0.15, -0.1) is 11.3 Å². The molecule has 0 aliphatic heterocycles. The van der Waals surface area contributed by atoms with Crippen LogP contribution in [0.1, 0.15) is 0 Å². The fourth-order valence-electron chi connectivity index (χ4n) is 1.78. The van der Waals surface area contributed by atoms with Crippen molar-refractivity contribution in [2.45, 2.75) is 0 Å². The largest absolute Gasteiger partial charge is 0.357 e. The summed E-state index contributed by atoms with van der Waals surface area (Å²) in [5, 5.41) is 8.92. The van der Waals surface area contributed by atoms with Crippen LogP contribution in [0.15, 0.2) is 34.1 Å². The molecule has 0 spiro atoms. The number of thiophene rings is 1. The average Bonchev–Trinajstić information content (AvgIpc) is 2.91. The molecule has 0 bridgehead atoms. The predicted octanol–water partition coefficient (Wildman–Crippen LogP) is 4.38. The summed E-state index contributed by atoms with van der Waals surface area (Å²) in [6, 6.07) is 6.41. The second kappa shape index (κ2) is 5.34. The zero-order chi connectivity index (χ0) is 14.1. The Morgan fingerprint density at radius 2 is 2.10 bits per heavy atom. The lowest BCUT2D eigenvalue weighted by Crippen LogP contribution is -2.01. The molecule has 0 atom stereocenters. The average molecular weight is 353 g/mol. The van der Waals surface area contributed by atoms with Gasteiger partial charge < -0.3 is 10.6 Å². The molecule has 2 N–H and O–H groups in total. The standard InChI is InChI=1S/C13H10BrFN4S/c1-16-13-18-11(8-4-5-20-12(8)19-13)17-10-6-7(15)2-3-9(10)14/h2-6H,1H3,(H2,16,17,18,19). The molecule has 2 heterocycles. The highest BCUT2D eigenvalue weighted by Gasteiger charge is 2.10. The number of nitrogens with one attached hydrogen (secondary N) is 2. The Hall–Kier alpha value is -1.73. The van der Waals surface area contributed by atoms with Gasteiger partial charge in [0.1, 0.15) is 16.5 Å². The summed E-state index contributed by atoms with van der Waals surface area (Å²) < 4.78 is 14.1. The molecule has 0 saturated heterocycles. The summed E-state index contributed by atoms with van der Waals surface area (Å²) in [4.78, 5) is 9.63. The van der Waals surface area contributed by atoms with Crippen LogP contribution >= 0.6 is 27.3 Å². The van der Waals surface area contributed by atoms with Crippen molar-refractivity contribution >= 4 is 54.9 Å². The first kappa shape index (κ1) is 13.3. The minimum absolute atomic E-state index is 0.305. The van der Waals surface area contributed by atoms with E-state index in [1.165, 1.54) is 23.5 Å². The number of hydrogen-bond donors (Lipinski definition) is 2. The number of hydrogen-bond acceptors (Lipinski definition) is 5. The maximum absolute atomic E-state index is 13.3. The first-order valence-corrected chi connectivity index (χ1v) is 7.49. The van der Waals surface area contributed by atoms with Gasteiger partial charge in [0.25, 0.3) is 0 Å². The monoisotopic (exact) mass is 352 g/mol. The van der Waals surface area contributed by atoms with E-state index in [2.05, 4.69) is 36.5 Å². The number of aromatic nitrogens is 2. The van der Waals surface area contributed by atoms with Crippen molar-refractivity contribution in [1.82, 2.24) is 9.97 Å². The summed E-state index contributed by atoms with van der Waals surface area (Å²) in [6.07, 6.45) is 0. The molecule has 0 aliphatic carbocycles. The van der Waals surface area contributed by atoms with Crippen molar-refractivity contribution in [1.29, 1.82) is 0 Å². The third-order valence-electron chi connectivity index (χ3n) is 2.73. The molecule has 20 heavy (non-hydrogen) atoms. The molecule has 4 nitrogen and oxygen atoms in total. The number of rotatable bonds is 3. The van der Waals surface area contributed by atoms with Crippen LogP contribution in [-0.2, 0) is 0 Å². The van der Waals surface area contributed by atoms with Gasteiger partial charge in [0.15, 0.2) is 0 Å². The Bertz CT molecular complexity index is 774. The Kier molecular flexibility index (Phi) is 3.54. The Morgan fingerprint density at radius 3 is 2.90 bits per heavy atom. The summed E-state index contributed by atoms with van der Waals surface area (Å²) in [6.45, 7) is 0. The summed E-state index contributed by atoms with van der Waals surface area (Å²) in [5.41, 5.74) is 0.623. The molecule has 2 aromatic heterocycles. The van der Waals surface area contributed by atoms with Gasteiger partial charge in [-0.1, -0.05) is 0 Å². The molecule has 1 aromatic carbocycles. The van der Waals surface area contributed by atoms with Gasteiger partial charge >= 0.3 is 0 Å². The van der Waals surface area contributed by atoms with Crippen LogP contribution in [0, 0.1) is 5.82 Å². The van der Waals surface area contributed by atoms with E-state index in [0.717, 1.165) is 14.7 Å². The Morgan fingerprint density at radius 1 is 1.25 bits per heavy atom. The van der Waals surface area contributed by atoms with E-state index in [0.29, 0.717) is 17.5 Å². The highest BCUT2D eigenvalue weighted by atomic mass is 79.9. The second-order valence-electron chi connectivity index (χ2n) is 4.03. The number of anilines is 3. The highest BCUT2D eigenvalue weighted by molar-refractivity contribution is 9.10. The van der Waals surface area contributed by atoms with Gasteiger partial charge in [-0.3, -0.25) is 0 Å². The van der Waals surface area contributed by atoms with Crippen LogP contribution in [-0.4, -0.2) is 17.0 Å². The van der Waals surface area contributed by atoms with Crippen molar-refractivity contribution in [2.75, 3.05) is 17.7 Å². The van der Waals surface area contributed by atoms with Crippen molar-refractivity contribution in [2.24, 2.45) is 0 Å². The zero-order valence-electron chi connectivity index (χ0n) is 10.4. The van der Waals surface area contributed by atoms with E-state index in [-0.39, 0.29) is 5.82 Å². The molecule has 0 radical (unpaired) electrons. The van der Waals surface area contributed by atoms with Gasteiger partial charge in [0.05, 0.1) is 11.1 Å². The van der Waals surface area contributed by atoms with E-state index in [4.69, 9.17) is 0 Å². The number of halogens is 2. The summed E-state index contributed by atoms with van der Waals surface area (Å²) in [7, 11) is 1.76. The van der Waals surface area contributed by atoms with Crippen LogP contribution in [0.25, 0.3) is 10.2 Å². The minimum atomic E-state index is -0.305. The molecule has 0 saturated carbocycles. The first-order chi connectivity index (χ1) is 9.67. The highest BCUT2D eigenvalue weighted by Crippen LogP contribution is 2.31. The Labute approximate surface area is 127 Å². The van der Waals surface area contributed by atoms with Crippen LogP contribution < -0.4 is 10.6 Å². The summed E-state index contributed by atoms with van der Waals surface area (Å²) in [5.74, 6) is 0.863. The third-order valence-corrected chi connectivity index (χ3v) is 4.23. The van der Waals surface area contributed by atoms with Crippen molar-refractivity contribution < 1.29 is 4.39 Å². The second-order valence-corrected chi connectivity index (χ2v) is 5.78. The van der Waals surface area contributed by atoms with Crippen LogP contribution in [0.2, 0.25) is 0 Å². The van der Waals surface area contributed by atoms with Crippen LogP contribution in [0.4, 0.5) is 21.8 Å². The van der Waals surface area contributed by atoms with Crippen LogP contribution in [0.3, 0.4) is 0 Å². The lowest BCUT2D eigenvalue weighted by atomic mass is 10.3. The van der Waals surface area contributed by atoms with Crippen molar-refractivity contribution in [3.63, 3.8) is 0 Å². The molecule has 3 aromatic rings. The molecule has 0 fully saturated rings. The fraction of sp³-hybridized carbons (Fsp3) is 0.0769. The smallest absolute Gasteiger partial charge is 0.225 e. The van der Waals surface area contributed by atoms with Gasteiger partial charge in [-0.2, -0.15) is 4.98 Å². The quantitative estimate of drug-likeness (QED) is 0.734. The number of fused-ring (bicyclic) bond motifs is 1. The molecular weight excluding hydrogens is 343 g/mol. The van der Waals surface area contributed by atoms with Gasteiger partial charge in [0.2, 0.25) is 5.95 Å². The SMILES string of the molecule is CNc1nc(Nc2cc(F)ccc2Br)c2ccsc2n1. The lowest BCUT2D eigenvalue weighted by molar-refractivity contribution is 0.628. The molecule has 0 aliphatic rings. The molecule has 0 amide bonds. The van der Waals surface area contributed by atoms with Crippen molar-refractivity contribution in [3.05, 3.63) is 39.9 Å². The van der Waals surface area contributed by atoms with Gasteiger partial charge in [-0.05, 0) is 45.6 Å².